The van der Waals surface area contributed by atoms with Crippen molar-refractivity contribution in [3.63, 3.8) is 0 Å². The summed E-state index contributed by atoms with van der Waals surface area (Å²) in [6, 6.07) is 2.56. The smallest absolute Gasteiger partial charge is 0.0596 e. The van der Waals surface area contributed by atoms with Crippen LogP contribution in [0, 0.1) is 18.3 Å². The van der Waals surface area contributed by atoms with Crippen molar-refractivity contribution < 1.29 is 0 Å². The van der Waals surface area contributed by atoms with E-state index in [-0.39, 0.29) is 0 Å². The summed E-state index contributed by atoms with van der Waals surface area (Å²) < 4.78 is 2.10. The summed E-state index contributed by atoms with van der Waals surface area (Å²) in [5.74, 6) is 6.53. The minimum atomic E-state index is 0.368. The molecule has 1 heterocycles. The van der Waals surface area contributed by atoms with Crippen LogP contribution in [0.2, 0.25) is 0 Å². The quantitative estimate of drug-likeness (QED) is 0.643. The highest BCUT2D eigenvalue weighted by atomic mass is 15.3. The summed E-state index contributed by atoms with van der Waals surface area (Å²) in [5.41, 5.74) is 5.98. The molecule has 0 spiro atoms. The van der Waals surface area contributed by atoms with Crippen molar-refractivity contribution >= 4 is 0 Å². The first-order chi connectivity index (χ1) is 9.45. The average Bonchev–Trinajstić information content (AvgIpc) is 2.76. The molecule has 4 heteroatoms. The minimum Gasteiger partial charge on any atom is -0.271 e. The lowest BCUT2D eigenvalue weighted by Crippen LogP contribution is -2.44. The number of hydrogen-bond acceptors (Lipinski definition) is 3. The highest BCUT2D eigenvalue weighted by Crippen LogP contribution is 2.39. The van der Waals surface area contributed by atoms with Gasteiger partial charge in [0.25, 0.3) is 0 Å². The van der Waals surface area contributed by atoms with E-state index in [1.54, 1.807) is 0 Å². The summed E-state index contributed by atoms with van der Waals surface area (Å²) in [5, 5.41) is 4.53. The van der Waals surface area contributed by atoms with Gasteiger partial charge in [-0.2, -0.15) is 5.10 Å². The third kappa shape index (κ3) is 3.61. The molecule has 114 valence electrons. The van der Waals surface area contributed by atoms with Gasteiger partial charge in [0.1, 0.15) is 0 Å². The van der Waals surface area contributed by atoms with Crippen molar-refractivity contribution in [1.82, 2.24) is 15.2 Å². The van der Waals surface area contributed by atoms with Crippen LogP contribution in [0.4, 0.5) is 0 Å². The third-order valence-corrected chi connectivity index (χ3v) is 4.88. The maximum atomic E-state index is 5.84. The van der Waals surface area contributed by atoms with Crippen molar-refractivity contribution in [1.29, 1.82) is 0 Å². The second kappa shape index (κ2) is 6.27. The minimum absolute atomic E-state index is 0.368. The van der Waals surface area contributed by atoms with Crippen molar-refractivity contribution in [2.24, 2.45) is 17.2 Å². The number of hydrazine groups is 1. The van der Waals surface area contributed by atoms with Crippen LogP contribution >= 0.6 is 0 Å². The van der Waals surface area contributed by atoms with E-state index in [9.17, 15) is 0 Å². The van der Waals surface area contributed by atoms with Crippen LogP contribution < -0.4 is 11.3 Å². The van der Waals surface area contributed by atoms with Gasteiger partial charge < -0.3 is 0 Å². The maximum Gasteiger partial charge on any atom is 0.0596 e. The van der Waals surface area contributed by atoms with E-state index < -0.39 is 0 Å². The molecule has 0 amide bonds. The largest absolute Gasteiger partial charge is 0.271 e. The van der Waals surface area contributed by atoms with Gasteiger partial charge in [0.15, 0.2) is 0 Å². The van der Waals surface area contributed by atoms with Crippen LogP contribution in [0.15, 0.2) is 6.07 Å². The number of nitrogens with two attached hydrogens (primary N) is 1. The van der Waals surface area contributed by atoms with Crippen LogP contribution in [0.5, 0.6) is 0 Å². The molecule has 2 rings (SSSR count). The summed E-state index contributed by atoms with van der Waals surface area (Å²) >= 11 is 0. The van der Waals surface area contributed by atoms with Crippen LogP contribution in [-0.4, -0.2) is 15.8 Å². The molecule has 1 aliphatic carbocycles. The summed E-state index contributed by atoms with van der Waals surface area (Å²) in [4.78, 5) is 0. The molecular weight excluding hydrogens is 248 g/mol. The Bertz CT molecular complexity index is 426. The van der Waals surface area contributed by atoms with Crippen LogP contribution in [0.1, 0.15) is 57.8 Å². The van der Waals surface area contributed by atoms with Gasteiger partial charge in [-0.05, 0) is 56.9 Å². The molecule has 0 aromatic carbocycles. The second-order valence-electron chi connectivity index (χ2n) is 7.07. The fourth-order valence-corrected chi connectivity index (χ4v) is 3.45. The molecule has 1 aromatic heterocycles. The molecule has 20 heavy (non-hydrogen) atoms. The van der Waals surface area contributed by atoms with Crippen molar-refractivity contribution in [2.45, 2.75) is 72.4 Å². The van der Waals surface area contributed by atoms with Gasteiger partial charge in [-0.1, -0.05) is 13.8 Å². The summed E-state index contributed by atoms with van der Waals surface area (Å²) in [6.45, 7) is 9.89. The van der Waals surface area contributed by atoms with Crippen LogP contribution in [0.25, 0.3) is 0 Å². The Balaban J connectivity index is 2.02. The predicted octanol–water partition coefficient (Wildman–Crippen LogP) is 2.80. The number of hydrogen-bond donors (Lipinski definition) is 2. The van der Waals surface area contributed by atoms with Gasteiger partial charge in [0.2, 0.25) is 0 Å². The van der Waals surface area contributed by atoms with E-state index in [0.717, 1.165) is 18.7 Å². The molecule has 1 saturated carbocycles. The van der Waals surface area contributed by atoms with E-state index >= 15 is 0 Å². The molecule has 0 radical (unpaired) electrons. The lowest BCUT2D eigenvalue weighted by Gasteiger charge is -2.37. The molecule has 1 fully saturated rings. The highest BCUT2D eigenvalue weighted by molar-refractivity contribution is 5.11. The molecule has 0 aliphatic heterocycles. The normalized spacial score (nSPS) is 21.1. The van der Waals surface area contributed by atoms with Crippen molar-refractivity contribution in [2.75, 3.05) is 0 Å². The Hall–Kier alpha value is -0.870. The number of aromatic nitrogens is 2. The number of aryl methyl sites for hydroxylation is 2. The van der Waals surface area contributed by atoms with Gasteiger partial charge in [-0.15, -0.1) is 0 Å². The summed E-state index contributed by atoms with van der Waals surface area (Å²) in [7, 11) is 0. The van der Waals surface area contributed by atoms with Gasteiger partial charge in [-0.3, -0.25) is 16.0 Å². The fraction of sp³-hybridized carbons (Fsp3) is 0.812. The van der Waals surface area contributed by atoms with E-state index in [1.165, 1.54) is 31.4 Å². The van der Waals surface area contributed by atoms with Gasteiger partial charge in [0, 0.05) is 24.7 Å². The Morgan fingerprint density at radius 2 is 2.10 bits per heavy atom. The molecule has 1 atom stereocenters. The molecule has 1 unspecified atom stereocenters. The number of rotatable bonds is 5. The average molecular weight is 278 g/mol. The maximum absolute atomic E-state index is 5.84. The van der Waals surface area contributed by atoms with E-state index in [4.69, 9.17) is 5.84 Å². The first-order valence-electron chi connectivity index (χ1n) is 7.94. The summed E-state index contributed by atoms with van der Waals surface area (Å²) in [6.07, 6.45) is 6.16. The van der Waals surface area contributed by atoms with E-state index in [1.807, 2.05) is 0 Å². The molecule has 0 saturated heterocycles. The fourth-order valence-electron chi connectivity index (χ4n) is 3.45. The van der Waals surface area contributed by atoms with Crippen molar-refractivity contribution in [3.8, 4) is 0 Å². The standard InChI is InChI=1S/C16H30N4/c1-5-20-14(10-12(2)19-20)11-15(18-17)13-6-8-16(3,4)9-7-13/h10,13,15,18H,5-9,11,17H2,1-4H3. The Morgan fingerprint density at radius 1 is 1.45 bits per heavy atom. The molecule has 1 aliphatic rings. The van der Waals surface area contributed by atoms with Crippen molar-refractivity contribution in [3.05, 3.63) is 17.5 Å². The second-order valence-corrected chi connectivity index (χ2v) is 7.07. The number of nitrogens with zero attached hydrogens (tertiary/aromatic N) is 2. The lowest BCUT2D eigenvalue weighted by molar-refractivity contribution is 0.160. The molecule has 0 bridgehead atoms. The monoisotopic (exact) mass is 278 g/mol. The topological polar surface area (TPSA) is 55.9 Å². The van der Waals surface area contributed by atoms with Gasteiger partial charge in [-0.25, -0.2) is 0 Å². The zero-order valence-corrected chi connectivity index (χ0v) is 13.4. The predicted molar refractivity (Wildman–Crippen MR) is 83.2 cm³/mol. The van der Waals surface area contributed by atoms with E-state index in [0.29, 0.717) is 17.4 Å². The Labute approximate surface area is 123 Å². The van der Waals surface area contributed by atoms with Gasteiger partial charge in [0.05, 0.1) is 5.69 Å². The zero-order chi connectivity index (χ0) is 14.8. The molecule has 4 nitrogen and oxygen atoms in total. The van der Waals surface area contributed by atoms with E-state index in [2.05, 4.69) is 49.0 Å². The lowest BCUT2D eigenvalue weighted by atomic mass is 9.70. The Morgan fingerprint density at radius 3 is 2.65 bits per heavy atom. The van der Waals surface area contributed by atoms with Gasteiger partial charge >= 0.3 is 0 Å². The highest BCUT2D eigenvalue weighted by Gasteiger charge is 2.31. The van der Waals surface area contributed by atoms with Crippen LogP contribution in [-0.2, 0) is 13.0 Å². The molecular formula is C16H30N4. The third-order valence-electron chi connectivity index (χ3n) is 4.88. The van der Waals surface area contributed by atoms with Crippen LogP contribution in [0.3, 0.4) is 0 Å². The molecule has 1 aromatic rings. The SMILES string of the molecule is CCn1nc(C)cc1CC(NN)C1CCC(C)(C)CC1. The first kappa shape index (κ1) is 15.5. The Kier molecular flexibility index (Phi) is 4.86. The zero-order valence-electron chi connectivity index (χ0n) is 13.4. The number of nitrogens with one attached hydrogen (secondary N) is 1. The molecule has 3 N–H and O–H groups in total. The first-order valence-corrected chi connectivity index (χ1v) is 7.94.